The molecule has 1 aromatic heterocycles. The molecule has 0 saturated carbocycles. The Morgan fingerprint density at radius 3 is 2.66 bits per heavy atom. The molecule has 2 aromatic carbocycles. The zero-order valence-electron chi connectivity index (χ0n) is 16.4. The van der Waals surface area contributed by atoms with Gasteiger partial charge in [-0.25, -0.2) is 4.68 Å². The summed E-state index contributed by atoms with van der Waals surface area (Å²) in [5, 5.41) is 20.0. The summed E-state index contributed by atoms with van der Waals surface area (Å²) in [5.41, 5.74) is 4.76. The van der Waals surface area contributed by atoms with Crippen molar-refractivity contribution in [3.8, 4) is 23.0 Å². The predicted molar refractivity (Wildman–Crippen MR) is 112 cm³/mol. The lowest BCUT2D eigenvalue weighted by molar-refractivity contribution is 0.0943. The number of nitriles is 1. The molecule has 0 radical (unpaired) electrons. The average molecular weight is 385 g/mol. The van der Waals surface area contributed by atoms with Crippen LogP contribution >= 0.6 is 0 Å². The first-order valence-electron chi connectivity index (χ1n) is 9.80. The lowest BCUT2D eigenvalue weighted by Crippen LogP contribution is -2.30. The average Bonchev–Trinajstić information content (AvgIpc) is 3.43. The van der Waals surface area contributed by atoms with Crippen LogP contribution in [-0.4, -0.2) is 35.3 Å². The van der Waals surface area contributed by atoms with Crippen molar-refractivity contribution >= 4 is 5.91 Å². The standard InChI is InChI=1S/C23H23N5O/c1-16-2-6-19(7-3-16)22-12-21(23(29)26-15-18-10-11-25-14-18)27-28(22)20-8-4-17(13-24)5-9-20/h2-9,12,18,25H,10-11,14-15H2,1H3,(H,26,29). The Labute approximate surface area is 170 Å². The molecule has 0 spiro atoms. The number of carbonyl (C=O) groups excluding carboxylic acids is 1. The van der Waals surface area contributed by atoms with E-state index in [0.29, 0.717) is 23.7 Å². The van der Waals surface area contributed by atoms with Crippen LogP contribution in [0.1, 0.15) is 28.0 Å². The molecule has 1 atom stereocenters. The maximum Gasteiger partial charge on any atom is 0.271 e. The third-order valence-electron chi connectivity index (χ3n) is 5.24. The highest BCUT2D eigenvalue weighted by molar-refractivity contribution is 5.93. The molecule has 146 valence electrons. The molecule has 6 heteroatoms. The molecule has 3 aromatic rings. The molecule has 4 rings (SSSR count). The lowest BCUT2D eigenvalue weighted by atomic mass is 10.1. The Balaban J connectivity index is 1.66. The first-order valence-corrected chi connectivity index (χ1v) is 9.80. The largest absolute Gasteiger partial charge is 0.350 e. The van der Waals surface area contributed by atoms with E-state index in [1.54, 1.807) is 16.8 Å². The Kier molecular flexibility index (Phi) is 5.41. The summed E-state index contributed by atoms with van der Waals surface area (Å²) in [6.45, 7) is 4.63. The van der Waals surface area contributed by atoms with E-state index >= 15 is 0 Å². The quantitative estimate of drug-likeness (QED) is 0.707. The van der Waals surface area contributed by atoms with Crippen LogP contribution in [0.15, 0.2) is 54.6 Å². The van der Waals surface area contributed by atoms with Gasteiger partial charge in [-0.1, -0.05) is 29.8 Å². The van der Waals surface area contributed by atoms with Crippen molar-refractivity contribution in [3.63, 3.8) is 0 Å². The van der Waals surface area contributed by atoms with Crippen LogP contribution in [0, 0.1) is 24.2 Å². The summed E-state index contributed by atoms with van der Waals surface area (Å²) in [6, 6.07) is 19.3. The van der Waals surface area contributed by atoms with Crippen molar-refractivity contribution in [3.05, 3.63) is 71.4 Å². The minimum atomic E-state index is -0.169. The fourth-order valence-electron chi connectivity index (χ4n) is 3.51. The molecule has 29 heavy (non-hydrogen) atoms. The first kappa shape index (κ1) is 18.9. The zero-order chi connectivity index (χ0) is 20.2. The summed E-state index contributed by atoms with van der Waals surface area (Å²) in [5.74, 6) is 0.300. The van der Waals surface area contributed by atoms with E-state index in [0.717, 1.165) is 36.5 Å². The highest BCUT2D eigenvalue weighted by Gasteiger charge is 2.19. The predicted octanol–water partition coefficient (Wildman–Crippen LogP) is 3.06. The molecule has 2 N–H and O–H groups in total. The summed E-state index contributed by atoms with van der Waals surface area (Å²) in [7, 11) is 0. The normalized spacial score (nSPS) is 15.8. The number of amides is 1. The second-order valence-electron chi connectivity index (χ2n) is 7.42. The van der Waals surface area contributed by atoms with Crippen molar-refractivity contribution in [2.45, 2.75) is 13.3 Å². The molecule has 1 aliphatic rings. The number of aryl methyl sites for hydroxylation is 1. The van der Waals surface area contributed by atoms with Gasteiger partial charge in [-0.2, -0.15) is 10.4 Å². The van der Waals surface area contributed by atoms with Crippen LogP contribution in [0.25, 0.3) is 16.9 Å². The molecule has 0 bridgehead atoms. The SMILES string of the molecule is Cc1ccc(-c2cc(C(=O)NCC3CCNC3)nn2-c2ccc(C#N)cc2)cc1. The summed E-state index contributed by atoms with van der Waals surface area (Å²) >= 11 is 0. The van der Waals surface area contributed by atoms with Gasteiger partial charge in [0, 0.05) is 12.1 Å². The van der Waals surface area contributed by atoms with Crippen LogP contribution < -0.4 is 10.6 Å². The highest BCUT2D eigenvalue weighted by atomic mass is 16.1. The van der Waals surface area contributed by atoms with E-state index in [9.17, 15) is 4.79 Å². The molecule has 0 aliphatic carbocycles. The van der Waals surface area contributed by atoms with Gasteiger partial charge in [-0.05, 0) is 62.7 Å². The van der Waals surface area contributed by atoms with Crippen molar-refractivity contribution < 1.29 is 4.79 Å². The third-order valence-corrected chi connectivity index (χ3v) is 5.24. The number of carbonyl (C=O) groups is 1. The van der Waals surface area contributed by atoms with E-state index in [1.807, 2.05) is 49.4 Å². The van der Waals surface area contributed by atoms with Gasteiger partial charge in [0.25, 0.3) is 5.91 Å². The van der Waals surface area contributed by atoms with Gasteiger partial charge in [0.05, 0.1) is 23.0 Å². The number of rotatable bonds is 5. The molecule has 1 saturated heterocycles. The summed E-state index contributed by atoms with van der Waals surface area (Å²) in [6.07, 6.45) is 1.08. The van der Waals surface area contributed by atoms with Gasteiger partial charge in [-0.15, -0.1) is 0 Å². The first-order chi connectivity index (χ1) is 14.1. The van der Waals surface area contributed by atoms with Gasteiger partial charge in [0.1, 0.15) is 0 Å². The zero-order valence-corrected chi connectivity index (χ0v) is 16.4. The number of hydrogen-bond acceptors (Lipinski definition) is 4. The second kappa shape index (κ2) is 8.29. The topological polar surface area (TPSA) is 82.7 Å². The van der Waals surface area contributed by atoms with Gasteiger partial charge >= 0.3 is 0 Å². The van der Waals surface area contributed by atoms with E-state index in [2.05, 4.69) is 21.8 Å². The maximum atomic E-state index is 12.7. The minimum Gasteiger partial charge on any atom is -0.350 e. The van der Waals surface area contributed by atoms with Gasteiger partial charge in [-0.3, -0.25) is 4.79 Å². The third kappa shape index (κ3) is 4.20. The molecule has 2 heterocycles. The van der Waals surface area contributed by atoms with Crippen molar-refractivity contribution in [1.82, 2.24) is 20.4 Å². The van der Waals surface area contributed by atoms with Crippen molar-refractivity contribution in [2.75, 3.05) is 19.6 Å². The number of benzene rings is 2. The molecular formula is C23H23N5O. The van der Waals surface area contributed by atoms with Crippen LogP contribution in [-0.2, 0) is 0 Å². The van der Waals surface area contributed by atoms with Gasteiger partial charge in [0.2, 0.25) is 0 Å². The molecule has 6 nitrogen and oxygen atoms in total. The van der Waals surface area contributed by atoms with E-state index in [1.165, 1.54) is 5.56 Å². The summed E-state index contributed by atoms with van der Waals surface area (Å²) in [4.78, 5) is 12.7. The molecule has 1 unspecified atom stereocenters. The van der Waals surface area contributed by atoms with Crippen molar-refractivity contribution in [2.24, 2.45) is 5.92 Å². The van der Waals surface area contributed by atoms with Crippen LogP contribution in [0.3, 0.4) is 0 Å². The Hall–Kier alpha value is -3.43. The lowest BCUT2D eigenvalue weighted by Gasteiger charge is -2.09. The molecule has 1 aliphatic heterocycles. The smallest absolute Gasteiger partial charge is 0.271 e. The fourth-order valence-corrected chi connectivity index (χ4v) is 3.51. The fraction of sp³-hybridized carbons (Fsp3) is 0.261. The number of aromatic nitrogens is 2. The maximum absolute atomic E-state index is 12.7. The monoisotopic (exact) mass is 385 g/mol. The van der Waals surface area contributed by atoms with Crippen LogP contribution in [0.5, 0.6) is 0 Å². The molecular weight excluding hydrogens is 362 g/mol. The number of hydrogen-bond donors (Lipinski definition) is 2. The van der Waals surface area contributed by atoms with Gasteiger partial charge < -0.3 is 10.6 Å². The van der Waals surface area contributed by atoms with Crippen molar-refractivity contribution in [1.29, 1.82) is 5.26 Å². The van der Waals surface area contributed by atoms with E-state index < -0.39 is 0 Å². The minimum absolute atomic E-state index is 0.169. The Morgan fingerprint density at radius 1 is 1.24 bits per heavy atom. The Bertz CT molecular complexity index is 1040. The van der Waals surface area contributed by atoms with E-state index in [-0.39, 0.29) is 5.91 Å². The second-order valence-corrected chi connectivity index (χ2v) is 7.42. The number of nitrogens with one attached hydrogen (secondary N) is 2. The Morgan fingerprint density at radius 2 is 2.00 bits per heavy atom. The van der Waals surface area contributed by atoms with Gasteiger partial charge in [0.15, 0.2) is 5.69 Å². The van der Waals surface area contributed by atoms with Crippen LogP contribution in [0.2, 0.25) is 0 Å². The summed E-state index contributed by atoms with van der Waals surface area (Å²) < 4.78 is 1.76. The van der Waals surface area contributed by atoms with Crippen LogP contribution in [0.4, 0.5) is 0 Å². The molecule has 1 fully saturated rings. The number of nitrogens with zero attached hydrogens (tertiary/aromatic N) is 3. The highest BCUT2D eigenvalue weighted by Crippen LogP contribution is 2.25. The molecule has 1 amide bonds. The van der Waals surface area contributed by atoms with E-state index in [4.69, 9.17) is 5.26 Å².